The van der Waals surface area contributed by atoms with Gasteiger partial charge in [0.05, 0.1) is 32.1 Å². The van der Waals surface area contributed by atoms with Gasteiger partial charge in [0.15, 0.2) is 16.6 Å². The highest BCUT2D eigenvalue weighted by molar-refractivity contribution is 7.17. The summed E-state index contributed by atoms with van der Waals surface area (Å²) in [5.74, 6) is -1.65. The average Bonchev–Trinajstić information content (AvgIpc) is 3.50. The normalized spacial score (nSPS) is 16.0. The fraction of sp³-hybridized carbons (Fsp3) is 0.267. The quantitative estimate of drug-likeness (QED) is 0.107. The van der Waals surface area contributed by atoms with Crippen LogP contribution in [0.1, 0.15) is 45.9 Å². The molecule has 10 nitrogen and oxygen atoms in total. The molecular weight excluding hydrogens is 548 g/mol. The molecule has 4 rings (SSSR count). The van der Waals surface area contributed by atoms with Crippen molar-refractivity contribution in [3.8, 4) is 17.2 Å². The summed E-state index contributed by atoms with van der Waals surface area (Å²) in [6.07, 6.45) is 2.27. The average molecular weight is 579 g/mol. The van der Waals surface area contributed by atoms with E-state index in [0.717, 1.165) is 22.7 Å². The van der Waals surface area contributed by atoms with Crippen molar-refractivity contribution in [1.29, 1.82) is 0 Å². The number of esters is 1. The van der Waals surface area contributed by atoms with Crippen LogP contribution in [0.5, 0.6) is 17.2 Å². The molecule has 0 aliphatic carbocycles. The minimum absolute atomic E-state index is 0.000691. The highest BCUT2D eigenvalue weighted by Gasteiger charge is 2.49. The zero-order valence-electron chi connectivity index (χ0n) is 23.1. The van der Waals surface area contributed by atoms with Crippen LogP contribution in [0.25, 0.3) is 5.76 Å². The molecule has 1 N–H and O–H groups in total. The Balaban J connectivity index is 1.91. The molecule has 1 fully saturated rings. The Bertz CT molecular complexity index is 1510. The number of ketones is 1. The molecule has 1 aliphatic heterocycles. The zero-order valence-corrected chi connectivity index (χ0v) is 23.9. The minimum Gasteiger partial charge on any atom is -0.507 e. The second-order valence-corrected chi connectivity index (χ2v) is 9.90. The van der Waals surface area contributed by atoms with Crippen molar-refractivity contribution in [3.63, 3.8) is 0 Å². The molecule has 1 atom stereocenters. The van der Waals surface area contributed by atoms with E-state index < -0.39 is 23.7 Å². The third-order valence-corrected chi connectivity index (χ3v) is 7.42. The summed E-state index contributed by atoms with van der Waals surface area (Å²) in [4.78, 5) is 45.6. The van der Waals surface area contributed by atoms with Crippen LogP contribution in [0.15, 0.2) is 60.7 Å². The van der Waals surface area contributed by atoms with E-state index in [1.807, 2.05) is 6.92 Å². The first-order chi connectivity index (χ1) is 19.8. The van der Waals surface area contributed by atoms with E-state index in [1.165, 1.54) is 20.3 Å². The lowest BCUT2D eigenvalue weighted by Gasteiger charge is -2.25. The third-order valence-electron chi connectivity index (χ3n) is 6.28. The molecule has 41 heavy (non-hydrogen) atoms. The second-order valence-electron chi connectivity index (χ2n) is 8.92. The number of thiazole rings is 1. The van der Waals surface area contributed by atoms with E-state index in [-0.39, 0.29) is 33.7 Å². The number of aliphatic hydroxyl groups excluding tert-OH is 1. The number of carbonyl (C=O) groups excluding carboxylic acids is 3. The predicted molar refractivity (Wildman–Crippen MR) is 154 cm³/mol. The number of nitrogens with zero attached hydrogens (tertiary/aromatic N) is 2. The van der Waals surface area contributed by atoms with Crippen LogP contribution in [0.3, 0.4) is 0 Å². The lowest BCUT2D eigenvalue weighted by molar-refractivity contribution is -0.132. The number of Topliss-reactive ketones (excluding diaryl/α,β-unsaturated/α-hetero) is 1. The maximum Gasteiger partial charge on any atom is 0.350 e. The minimum atomic E-state index is -1.15. The SMILES string of the molecule is C=CCOC(=O)c1sc(N2C(=O)C(=O)/C(=C(/O)c3ccc(OCCC)cc3)C2c2cccc(OC)c2OC)nc1C. The summed E-state index contributed by atoms with van der Waals surface area (Å²) >= 11 is 0.902. The summed E-state index contributed by atoms with van der Waals surface area (Å²) in [7, 11) is 2.90. The van der Waals surface area contributed by atoms with Gasteiger partial charge < -0.3 is 24.1 Å². The van der Waals surface area contributed by atoms with Gasteiger partial charge in [-0.2, -0.15) is 0 Å². The van der Waals surface area contributed by atoms with E-state index in [1.54, 1.807) is 49.4 Å². The molecule has 0 radical (unpaired) electrons. The molecule has 11 heteroatoms. The fourth-order valence-corrected chi connectivity index (χ4v) is 5.40. The van der Waals surface area contributed by atoms with Gasteiger partial charge in [-0.15, -0.1) is 0 Å². The van der Waals surface area contributed by atoms with E-state index in [9.17, 15) is 19.5 Å². The lowest BCUT2D eigenvalue weighted by Crippen LogP contribution is -2.29. The highest BCUT2D eigenvalue weighted by atomic mass is 32.1. The Hall–Kier alpha value is -4.64. The van der Waals surface area contributed by atoms with Gasteiger partial charge in [0.1, 0.15) is 29.0 Å². The highest BCUT2D eigenvalue weighted by Crippen LogP contribution is 2.48. The predicted octanol–water partition coefficient (Wildman–Crippen LogP) is 5.23. The Labute approximate surface area is 241 Å². The van der Waals surface area contributed by atoms with Gasteiger partial charge in [-0.1, -0.05) is 43.0 Å². The lowest BCUT2D eigenvalue weighted by atomic mass is 9.94. The van der Waals surface area contributed by atoms with Gasteiger partial charge in [0.25, 0.3) is 5.78 Å². The summed E-state index contributed by atoms with van der Waals surface area (Å²) in [5, 5.41) is 11.5. The number of aromatic nitrogens is 1. The Morgan fingerprint density at radius 1 is 1.15 bits per heavy atom. The number of methoxy groups -OCH3 is 2. The van der Waals surface area contributed by atoms with E-state index in [0.29, 0.717) is 34.9 Å². The summed E-state index contributed by atoms with van der Waals surface area (Å²) in [6.45, 7) is 7.66. The molecule has 0 saturated carbocycles. The molecule has 2 heterocycles. The summed E-state index contributed by atoms with van der Waals surface area (Å²) < 4.78 is 21.9. The number of ether oxygens (including phenoxy) is 4. The number of aryl methyl sites for hydroxylation is 1. The van der Waals surface area contributed by atoms with Crippen LogP contribution in [0.4, 0.5) is 5.13 Å². The summed E-state index contributed by atoms with van der Waals surface area (Å²) in [5.41, 5.74) is 0.828. The first kappa shape index (κ1) is 29.3. The number of anilines is 1. The van der Waals surface area contributed by atoms with E-state index in [2.05, 4.69) is 11.6 Å². The van der Waals surface area contributed by atoms with Gasteiger partial charge in [-0.25, -0.2) is 9.78 Å². The number of hydrogen-bond donors (Lipinski definition) is 1. The molecule has 3 aromatic rings. The zero-order chi connectivity index (χ0) is 29.7. The van der Waals surface area contributed by atoms with Gasteiger partial charge in [0, 0.05) is 11.1 Å². The second kappa shape index (κ2) is 12.7. The van der Waals surface area contributed by atoms with Crippen molar-refractivity contribution < 1.29 is 38.4 Å². The van der Waals surface area contributed by atoms with Crippen molar-refractivity contribution in [1.82, 2.24) is 4.98 Å². The topological polar surface area (TPSA) is 124 Å². The molecule has 1 amide bonds. The van der Waals surface area contributed by atoms with E-state index >= 15 is 0 Å². The van der Waals surface area contributed by atoms with Crippen molar-refractivity contribution >= 4 is 39.9 Å². The molecule has 1 aromatic heterocycles. The maximum absolute atomic E-state index is 13.6. The maximum atomic E-state index is 13.6. The number of benzene rings is 2. The van der Waals surface area contributed by atoms with Crippen molar-refractivity contribution in [3.05, 3.63) is 82.4 Å². The smallest absolute Gasteiger partial charge is 0.350 e. The van der Waals surface area contributed by atoms with Crippen molar-refractivity contribution in [2.75, 3.05) is 32.3 Å². The fourth-order valence-electron chi connectivity index (χ4n) is 4.41. The number of rotatable bonds is 11. The van der Waals surface area contributed by atoms with Gasteiger partial charge in [-0.05, 0) is 43.7 Å². The largest absolute Gasteiger partial charge is 0.507 e. The van der Waals surface area contributed by atoms with Crippen LogP contribution < -0.4 is 19.1 Å². The standard InChI is InChI=1S/C30H30N2O8S/c1-6-15-39-19-13-11-18(12-14-19)24(33)22-23(20-9-8-10-21(37-4)26(20)38-5)32(28(35)25(22)34)30-31-17(3)27(41-30)29(36)40-16-7-2/h7-14,23,33H,2,6,15-16H2,1,3-5H3/b24-22+. The van der Waals surface area contributed by atoms with Crippen LogP contribution in [0, 0.1) is 6.92 Å². The Kier molecular flexibility index (Phi) is 9.08. The molecular formula is C30H30N2O8S. The molecule has 1 aliphatic rings. The molecule has 0 bridgehead atoms. The van der Waals surface area contributed by atoms with Crippen LogP contribution in [-0.2, 0) is 14.3 Å². The Morgan fingerprint density at radius 3 is 2.51 bits per heavy atom. The third kappa shape index (κ3) is 5.66. The van der Waals surface area contributed by atoms with E-state index in [4.69, 9.17) is 18.9 Å². The Morgan fingerprint density at radius 2 is 1.88 bits per heavy atom. The molecule has 1 saturated heterocycles. The van der Waals surface area contributed by atoms with Gasteiger partial charge in [-0.3, -0.25) is 14.5 Å². The van der Waals surface area contributed by atoms with Crippen LogP contribution in [-0.4, -0.2) is 55.2 Å². The van der Waals surface area contributed by atoms with Gasteiger partial charge >= 0.3 is 11.9 Å². The summed E-state index contributed by atoms with van der Waals surface area (Å²) in [6, 6.07) is 10.4. The first-order valence-electron chi connectivity index (χ1n) is 12.8. The number of hydrogen-bond acceptors (Lipinski definition) is 10. The number of aliphatic hydroxyl groups is 1. The number of para-hydroxylation sites is 1. The van der Waals surface area contributed by atoms with Crippen LogP contribution in [0.2, 0.25) is 0 Å². The molecule has 2 aromatic carbocycles. The number of carbonyl (C=O) groups is 3. The molecule has 214 valence electrons. The monoisotopic (exact) mass is 578 g/mol. The van der Waals surface area contributed by atoms with Crippen LogP contribution >= 0.6 is 11.3 Å². The molecule has 1 unspecified atom stereocenters. The van der Waals surface area contributed by atoms with Crippen molar-refractivity contribution in [2.24, 2.45) is 0 Å². The van der Waals surface area contributed by atoms with Gasteiger partial charge in [0.2, 0.25) is 0 Å². The molecule has 0 spiro atoms. The number of amides is 1. The first-order valence-corrected chi connectivity index (χ1v) is 13.6. The van der Waals surface area contributed by atoms with Crippen molar-refractivity contribution in [2.45, 2.75) is 26.3 Å².